The molecule has 6 heteroatoms. The number of methoxy groups -OCH3 is 1. The van der Waals surface area contributed by atoms with Gasteiger partial charge in [-0.25, -0.2) is 4.79 Å². The Morgan fingerprint density at radius 3 is 2.62 bits per heavy atom. The fourth-order valence-electron chi connectivity index (χ4n) is 1.57. The first-order chi connectivity index (χ1) is 9.93. The third-order valence-corrected chi connectivity index (χ3v) is 2.80. The molecule has 0 atom stereocenters. The molecule has 0 unspecified atom stereocenters. The number of esters is 1. The van der Waals surface area contributed by atoms with E-state index in [1.807, 2.05) is 0 Å². The molecule has 1 aromatic rings. The summed E-state index contributed by atoms with van der Waals surface area (Å²) in [7, 11) is 1.45. The molecule has 0 aliphatic rings. The van der Waals surface area contributed by atoms with E-state index in [0.717, 1.165) is 6.42 Å². The molecule has 1 amide bonds. The molecule has 0 aliphatic heterocycles. The second-order valence-electron chi connectivity index (χ2n) is 4.99. The topological polar surface area (TPSA) is 84.9 Å². The zero-order valence-electron chi connectivity index (χ0n) is 12.5. The Hall–Kier alpha value is -2.24. The SMILES string of the molecule is COc1ccc(C(=O)OCC(=O)NCCC(C)C)c(O)c1. The van der Waals surface area contributed by atoms with Gasteiger partial charge in [-0.3, -0.25) is 4.79 Å². The third-order valence-electron chi connectivity index (χ3n) is 2.80. The summed E-state index contributed by atoms with van der Waals surface area (Å²) in [5.41, 5.74) is -0.00854. The first kappa shape index (κ1) is 16.8. The van der Waals surface area contributed by atoms with E-state index >= 15 is 0 Å². The number of carbonyl (C=O) groups excluding carboxylic acids is 2. The Balaban J connectivity index is 2.45. The van der Waals surface area contributed by atoms with Crippen LogP contribution in [0.2, 0.25) is 0 Å². The first-order valence-corrected chi connectivity index (χ1v) is 6.75. The number of ether oxygens (including phenoxy) is 2. The lowest BCUT2D eigenvalue weighted by molar-refractivity contribution is -0.124. The van der Waals surface area contributed by atoms with Crippen LogP contribution in [0, 0.1) is 5.92 Å². The number of phenols is 1. The van der Waals surface area contributed by atoms with Crippen LogP contribution < -0.4 is 10.1 Å². The van der Waals surface area contributed by atoms with E-state index in [1.165, 1.54) is 25.3 Å². The van der Waals surface area contributed by atoms with Gasteiger partial charge in [-0.05, 0) is 24.5 Å². The Morgan fingerprint density at radius 2 is 2.05 bits per heavy atom. The number of hydrogen-bond acceptors (Lipinski definition) is 5. The summed E-state index contributed by atoms with van der Waals surface area (Å²) in [5.74, 6) is -0.453. The molecule has 0 saturated heterocycles. The van der Waals surface area contributed by atoms with Crippen LogP contribution in [-0.4, -0.2) is 37.2 Å². The van der Waals surface area contributed by atoms with Gasteiger partial charge in [-0.15, -0.1) is 0 Å². The monoisotopic (exact) mass is 295 g/mol. The minimum absolute atomic E-state index is 0.00854. The van der Waals surface area contributed by atoms with Crippen molar-refractivity contribution >= 4 is 11.9 Å². The number of hydrogen-bond donors (Lipinski definition) is 2. The van der Waals surface area contributed by atoms with Crippen LogP contribution in [0.5, 0.6) is 11.5 Å². The van der Waals surface area contributed by atoms with Crippen LogP contribution in [0.25, 0.3) is 0 Å². The molecule has 0 saturated carbocycles. The third kappa shape index (κ3) is 5.72. The highest BCUT2D eigenvalue weighted by molar-refractivity contribution is 5.94. The predicted octanol–water partition coefficient (Wildman–Crippen LogP) is 1.72. The molecule has 0 heterocycles. The molecule has 116 valence electrons. The van der Waals surface area contributed by atoms with Crippen molar-refractivity contribution in [2.24, 2.45) is 5.92 Å². The average Bonchev–Trinajstić information content (AvgIpc) is 2.44. The van der Waals surface area contributed by atoms with E-state index in [0.29, 0.717) is 18.2 Å². The van der Waals surface area contributed by atoms with Crippen molar-refractivity contribution in [3.05, 3.63) is 23.8 Å². The number of carbonyl (C=O) groups is 2. The van der Waals surface area contributed by atoms with Gasteiger partial charge in [0.15, 0.2) is 6.61 Å². The molecule has 2 N–H and O–H groups in total. The lowest BCUT2D eigenvalue weighted by Gasteiger charge is -2.09. The first-order valence-electron chi connectivity index (χ1n) is 6.75. The summed E-state index contributed by atoms with van der Waals surface area (Å²) in [6.45, 7) is 4.28. The molecule has 0 fully saturated rings. The highest BCUT2D eigenvalue weighted by Gasteiger charge is 2.15. The van der Waals surface area contributed by atoms with Crippen LogP contribution in [0.3, 0.4) is 0 Å². The second kappa shape index (κ2) is 8.14. The van der Waals surface area contributed by atoms with E-state index in [4.69, 9.17) is 9.47 Å². The van der Waals surface area contributed by atoms with Gasteiger partial charge in [0.1, 0.15) is 17.1 Å². The van der Waals surface area contributed by atoms with Crippen molar-refractivity contribution < 1.29 is 24.2 Å². The summed E-state index contributed by atoms with van der Waals surface area (Å²) in [5, 5.41) is 12.3. The maximum absolute atomic E-state index is 11.7. The Morgan fingerprint density at radius 1 is 1.33 bits per heavy atom. The van der Waals surface area contributed by atoms with Gasteiger partial charge in [0.05, 0.1) is 7.11 Å². The van der Waals surface area contributed by atoms with E-state index in [-0.39, 0.29) is 23.8 Å². The van der Waals surface area contributed by atoms with E-state index < -0.39 is 5.97 Å². The molecular weight excluding hydrogens is 274 g/mol. The van der Waals surface area contributed by atoms with Gasteiger partial charge in [0.2, 0.25) is 0 Å². The van der Waals surface area contributed by atoms with Gasteiger partial charge in [0, 0.05) is 12.6 Å². The zero-order chi connectivity index (χ0) is 15.8. The van der Waals surface area contributed by atoms with Crippen molar-refractivity contribution in [2.45, 2.75) is 20.3 Å². The smallest absolute Gasteiger partial charge is 0.342 e. The summed E-state index contributed by atoms with van der Waals surface area (Å²) in [4.78, 5) is 23.2. The molecule has 0 radical (unpaired) electrons. The highest BCUT2D eigenvalue weighted by Crippen LogP contribution is 2.23. The van der Waals surface area contributed by atoms with Crippen LogP contribution in [0.1, 0.15) is 30.6 Å². The van der Waals surface area contributed by atoms with Gasteiger partial charge < -0.3 is 19.9 Å². The van der Waals surface area contributed by atoms with Crippen molar-refractivity contribution in [1.29, 1.82) is 0 Å². The zero-order valence-corrected chi connectivity index (χ0v) is 12.5. The van der Waals surface area contributed by atoms with Gasteiger partial charge >= 0.3 is 5.97 Å². The fourth-order valence-corrected chi connectivity index (χ4v) is 1.57. The molecule has 6 nitrogen and oxygen atoms in total. The van der Waals surface area contributed by atoms with Gasteiger partial charge in [-0.1, -0.05) is 13.8 Å². The molecule has 1 rings (SSSR count). The largest absolute Gasteiger partial charge is 0.507 e. The summed E-state index contributed by atoms with van der Waals surface area (Å²) < 4.78 is 9.77. The Labute approximate surface area is 124 Å². The average molecular weight is 295 g/mol. The van der Waals surface area contributed by atoms with Crippen LogP contribution >= 0.6 is 0 Å². The number of amides is 1. The standard InChI is InChI=1S/C15H21NO5/c1-10(2)6-7-16-14(18)9-21-15(19)12-5-4-11(20-3)8-13(12)17/h4-5,8,10,17H,6-7,9H2,1-3H3,(H,16,18). The van der Waals surface area contributed by atoms with Crippen LogP contribution in [-0.2, 0) is 9.53 Å². The Kier molecular flexibility index (Phi) is 6.52. The van der Waals surface area contributed by atoms with E-state index in [1.54, 1.807) is 0 Å². The molecule has 21 heavy (non-hydrogen) atoms. The highest BCUT2D eigenvalue weighted by atomic mass is 16.5. The second-order valence-corrected chi connectivity index (χ2v) is 4.99. The van der Waals surface area contributed by atoms with Crippen molar-refractivity contribution in [3.63, 3.8) is 0 Å². The fraction of sp³-hybridized carbons (Fsp3) is 0.467. The number of aromatic hydroxyl groups is 1. The number of phenolic OH excluding ortho intramolecular Hbond substituents is 1. The van der Waals surface area contributed by atoms with Crippen molar-refractivity contribution in [3.8, 4) is 11.5 Å². The number of nitrogens with one attached hydrogen (secondary N) is 1. The van der Waals surface area contributed by atoms with Crippen LogP contribution in [0.4, 0.5) is 0 Å². The lowest BCUT2D eigenvalue weighted by Crippen LogP contribution is -2.30. The van der Waals surface area contributed by atoms with E-state index in [9.17, 15) is 14.7 Å². The Bertz CT molecular complexity index is 499. The van der Waals surface area contributed by atoms with E-state index in [2.05, 4.69) is 19.2 Å². The molecule has 1 aromatic carbocycles. The van der Waals surface area contributed by atoms with Gasteiger partial charge in [0.25, 0.3) is 5.91 Å². The van der Waals surface area contributed by atoms with Gasteiger partial charge in [-0.2, -0.15) is 0 Å². The maximum Gasteiger partial charge on any atom is 0.342 e. The summed E-state index contributed by atoms with van der Waals surface area (Å²) in [6, 6.07) is 4.21. The summed E-state index contributed by atoms with van der Waals surface area (Å²) >= 11 is 0. The molecule has 0 spiro atoms. The quantitative estimate of drug-likeness (QED) is 0.748. The van der Waals surface area contributed by atoms with Crippen molar-refractivity contribution in [1.82, 2.24) is 5.32 Å². The minimum Gasteiger partial charge on any atom is -0.507 e. The number of benzene rings is 1. The molecular formula is C15H21NO5. The maximum atomic E-state index is 11.7. The predicted molar refractivity (Wildman–Crippen MR) is 77.4 cm³/mol. The molecule has 0 aromatic heterocycles. The number of rotatable bonds is 7. The molecule has 0 bridgehead atoms. The van der Waals surface area contributed by atoms with Crippen molar-refractivity contribution in [2.75, 3.05) is 20.3 Å². The lowest BCUT2D eigenvalue weighted by atomic mass is 10.1. The minimum atomic E-state index is -0.755. The normalized spacial score (nSPS) is 10.3. The van der Waals surface area contributed by atoms with Crippen LogP contribution in [0.15, 0.2) is 18.2 Å². The molecule has 0 aliphatic carbocycles. The summed E-state index contributed by atoms with van der Waals surface area (Å²) in [6.07, 6.45) is 0.860.